The standard InChI is InChI=1S/C12H9Cl2NO/c1-7-4-8(2-3-15-7)9-5-11(14)12(16)6-10(9)13/h2-6,16H,1H3. The van der Waals surface area contributed by atoms with Crippen LogP contribution in [0.5, 0.6) is 5.75 Å². The molecule has 1 heterocycles. The number of nitrogens with zero attached hydrogens (tertiary/aromatic N) is 1. The number of pyridine rings is 1. The first-order chi connectivity index (χ1) is 7.58. The summed E-state index contributed by atoms with van der Waals surface area (Å²) in [5.41, 5.74) is 2.62. The van der Waals surface area contributed by atoms with Crippen molar-refractivity contribution in [1.82, 2.24) is 4.98 Å². The molecule has 82 valence electrons. The van der Waals surface area contributed by atoms with E-state index in [1.807, 2.05) is 19.1 Å². The van der Waals surface area contributed by atoms with Gasteiger partial charge < -0.3 is 5.11 Å². The lowest BCUT2D eigenvalue weighted by Gasteiger charge is -2.07. The van der Waals surface area contributed by atoms with Gasteiger partial charge in [-0.3, -0.25) is 4.98 Å². The maximum Gasteiger partial charge on any atom is 0.135 e. The molecule has 0 fully saturated rings. The Bertz CT molecular complexity index is 541. The van der Waals surface area contributed by atoms with Gasteiger partial charge in [-0.2, -0.15) is 0 Å². The van der Waals surface area contributed by atoms with E-state index in [1.165, 1.54) is 6.07 Å². The van der Waals surface area contributed by atoms with Gasteiger partial charge in [-0.25, -0.2) is 0 Å². The molecule has 0 bridgehead atoms. The molecule has 0 amide bonds. The van der Waals surface area contributed by atoms with E-state index in [0.717, 1.165) is 16.8 Å². The molecule has 2 aromatic rings. The molecule has 1 aromatic heterocycles. The second-order valence-corrected chi connectivity index (χ2v) is 4.28. The monoisotopic (exact) mass is 253 g/mol. The fourth-order valence-corrected chi connectivity index (χ4v) is 1.90. The summed E-state index contributed by atoms with van der Waals surface area (Å²) in [6.07, 6.45) is 1.71. The number of halogens is 2. The summed E-state index contributed by atoms with van der Waals surface area (Å²) in [5, 5.41) is 10.1. The highest BCUT2D eigenvalue weighted by molar-refractivity contribution is 6.36. The highest BCUT2D eigenvalue weighted by atomic mass is 35.5. The Morgan fingerprint density at radius 3 is 2.56 bits per heavy atom. The van der Waals surface area contributed by atoms with Gasteiger partial charge in [0.25, 0.3) is 0 Å². The number of phenolic OH excluding ortho intramolecular Hbond substituents is 1. The molecule has 0 saturated carbocycles. The van der Waals surface area contributed by atoms with Crippen LogP contribution in [0.1, 0.15) is 5.69 Å². The number of hydrogen-bond acceptors (Lipinski definition) is 2. The lowest BCUT2D eigenvalue weighted by atomic mass is 10.1. The lowest BCUT2D eigenvalue weighted by Crippen LogP contribution is -1.84. The molecular weight excluding hydrogens is 245 g/mol. The second kappa shape index (κ2) is 4.32. The maximum atomic E-state index is 9.40. The van der Waals surface area contributed by atoms with E-state index in [-0.39, 0.29) is 10.8 Å². The fraction of sp³-hybridized carbons (Fsp3) is 0.0833. The molecule has 2 rings (SSSR count). The number of phenols is 1. The Kier molecular flexibility index (Phi) is 3.03. The number of aromatic nitrogens is 1. The Balaban J connectivity index is 2.60. The van der Waals surface area contributed by atoms with Crippen LogP contribution in [-0.2, 0) is 0 Å². The molecule has 1 N–H and O–H groups in total. The highest BCUT2D eigenvalue weighted by Gasteiger charge is 2.08. The summed E-state index contributed by atoms with van der Waals surface area (Å²) in [6.45, 7) is 1.90. The van der Waals surface area contributed by atoms with Crippen LogP contribution >= 0.6 is 23.2 Å². The van der Waals surface area contributed by atoms with Gasteiger partial charge in [0, 0.05) is 23.5 Å². The minimum absolute atomic E-state index is 0.0128. The lowest BCUT2D eigenvalue weighted by molar-refractivity contribution is 0.475. The Hall–Kier alpha value is -1.25. The van der Waals surface area contributed by atoms with Crippen molar-refractivity contribution in [3.05, 3.63) is 46.2 Å². The summed E-state index contributed by atoms with van der Waals surface area (Å²) in [7, 11) is 0. The molecule has 0 atom stereocenters. The van der Waals surface area contributed by atoms with Crippen molar-refractivity contribution < 1.29 is 5.11 Å². The Morgan fingerprint density at radius 1 is 1.12 bits per heavy atom. The fourth-order valence-electron chi connectivity index (χ4n) is 1.47. The molecule has 0 aliphatic rings. The van der Waals surface area contributed by atoms with E-state index in [1.54, 1.807) is 12.3 Å². The summed E-state index contributed by atoms with van der Waals surface area (Å²) in [6, 6.07) is 6.85. The zero-order chi connectivity index (χ0) is 11.7. The molecule has 0 unspecified atom stereocenters. The predicted molar refractivity (Wildman–Crippen MR) is 66.1 cm³/mol. The van der Waals surface area contributed by atoms with Crippen LogP contribution in [-0.4, -0.2) is 10.1 Å². The zero-order valence-corrected chi connectivity index (χ0v) is 10.0. The smallest absolute Gasteiger partial charge is 0.135 e. The summed E-state index contributed by atoms with van der Waals surface area (Å²) in [4.78, 5) is 4.11. The van der Waals surface area contributed by atoms with Crippen molar-refractivity contribution >= 4 is 23.2 Å². The molecule has 0 saturated heterocycles. The molecule has 1 aromatic carbocycles. The van der Waals surface area contributed by atoms with Crippen molar-refractivity contribution in [3.8, 4) is 16.9 Å². The van der Waals surface area contributed by atoms with Gasteiger partial charge in [-0.1, -0.05) is 23.2 Å². The van der Waals surface area contributed by atoms with E-state index in [2.05, 4.69) is 4.98 Å². The third kappa shape index (κ3) is 2.13. The first-order valence-electron chi connectivity index (χ1n) is 4.69. The third-order valence-electron chi connectivity index (χ3n) is 2.24. The molecule has 16 heavy (non-hydrogen) atoms. The van der Waals surface area contributed by atoms with Crippen molar-refractivity contribution in [2.45, 2.75) is 6.92 Å². The highest BCUT2D eigenvalue weighted by Crippen LogP contribution is 2.35. The number of benzene rings is 1. The molecular formula is C12H9Cl2NO. The minimum Gasteiger partial charge on any atom is -0.506 e. The van der Waals surface area contributed by atoms with Crippen LogP contribution in [0.3, 0.4) is 0 Å². The molecule has 0 radical (unpaired) electrons. The average Bonchev–Trinajstić information content (AvgIpc) is 2.23. The van der Waals surface area contributed by atoms with E-state index in [4.69, 9.17) is 23.2 Å². The minimum atomic E-state index is -0.0128. The van der Waals surface area contributed by atoms with Gasteiger partial charge >= 0.3 is 0 Å². The predicted octanol–water partition coefficient (Wildman–Crippen LogP) is 4.07. The molecule has 2 nitrogen and oxygen atoms in total. The van der Waals surface area contributed by atoms with E-state index >= 15 is 0 Å². The first-order valence-corrected chi connectivity index (χ1v) is 5.44. The van der Waals surface area contributed by atoms with Crippen LogP contribution in [0, 0.1) is 6.92 Å². The summed E-state index contributed by atoms with van der Waals surface area (Å²) >= 11 is 11.9. The van der Waals surface area contributed by atoms with Crippen molar-refractivity contribution in [2.24, 2.45) is 0 Å². The van der Waals surface area contributed by atoms with Crippen LogP contribution in [0.15, 0.2) is 30.5 Å². The second-order valence-electron chi connectivity index (χ2n) is 3.47. The Labute approximate surface area is 103 Å². The maximum absolute atomic E-state index is 9.40. The molecule has 0 aliphatic carbocycles. The average molecular weight is 254 g/mol. The number of hydrogen-bond donors (Lipinski definition) is 1. The Morgan fingerprint density at radius 2 is 1.88 bits per heavy atom. The third-order valence-corrected chi connectivity index (χ3v) is 2.86. The van der Waals surface area contributed by atoms with Crippen LogP contribution in [0.25, 0.3) is 11.1 Å². The van der Waals surface area contributed by atoms with Crippen LogP contribution in [0.2, 0.25) is 10.0 Å². The van der Waals surface area contributed by atoms with Crippen molar-refractivity contribution in [1.29, 1.82) is 0 Å². The van der Waals surface area contributed by atoms with Gasteiger partial charge in [-0.05, 0) is 30.7 Å². The largest absolute Gasteiger partial charge is 0.506 e. The van der Waals surface area contributed by atoms with Gasteiger partial charge in [0.2, 0.25) is 0 Å². The molecule has 4 heteroatoms. The normalized spacial score (nSPS) is 10.4. The zero-order valence-electron chi connectivity index (χ0n) is 8.54. The molecule has 0 aliphatic heterocycles. The number of aryl methyl sites for hydroxylation is 1. The van der Waals surface area contributed by atoms with Crippen LogP contribution < -0.4 is 0 Å². The van der Waals surface area contributed by atoms with Crippen molar-refractivity contribution in [3.63, 3.8) is 0 Å². The van der Waals surface area contributed by atoms with Gasteiger partial charge in [0.15, 0.2) is 0 Å². The van der Waals surface area contributed by atoms with E-state index < -0.39 is 0 Å². The van der Waals surface area contributed by atoms with Gasteiger partial charge in [-0.15, -0.1) is 0 Å². The van der Waals surface area contributed by atoms with E-state index in [0.29, 0.717) is 5.02 Å². The first kappa shape index (κ1) is 11.2. The molecule has 0 spiro atoms. The summed E-state index contributed by atoms with van der Waals surface area (Å²) in [5.74, 6) is -0.0128. The number of rotatable bonds is 1. The van der Waals surface area contributed by atoms with Crippen LogP contribution in [0.4, 0.5) is 0 Å². The van der Waals surface area contributed by atoms with E-state index in [9.17, 15) is 5.11 Å². The SMILES string of the molecule is Cc1cc(-c2cc(Cl)c(O)cc2Cl)ccn1. The van der Waals surface area contributed by atoms with Gasteiger partial charge in [0.1, 0.15) is 5.75 Å². The van der Waals surface area contributed by atoms with Gasteiger partial charge in [0.05, 0.1) is 10.0 Å². The topological polar surface area (TPSA) is 33.1 Å². The number of aromatic hydroxyl groups is 1. The summed E-state index contributed by atoms with van der Waals surface area (Å²) < 4.78 is 0. The quantitative estimate of drug-likeness (QED) is 0.832. The van der Waals surface area contributed by atoms with Crippen molar-refractivity contribution in [2.75, 3.05) is 0 Å².